The highest BCUT2D eigenvalue weighted by Crippen LogP contribution is 2.35. The van der Waals surface area contributed by atoms with E-state index in [4.69, 9.17) is 4.74 Å². The standard InChI is InChI=1S/C10H16O2/c1-8-5-4-6-10(2,7-8)9(11)12-3/h4-5,8H,6-7H2,1-3H3/t8-,10+/m0/s1. The van der Waals surface area contributed by atoms with Gasteiger partial charge in [-0.3, -0.25) is 4.79 Å². The summed E-state index contributed by atoms with van der Waals surface area (Å²) < 4.78 is 4.77. The molecule has 0 spiro atoms. The minimum Gasteiger partial charge on any atom is -0.469 e. The third kappa shape index (κ3) is 1.68. The van der Waals surface area contributed by atoms with Crippen LogP contribution in [-0.4, -0.2) is 13.1 Å². The molecule has 2 heteroatoms. The normalized spacial score (nSPS) is 34.8. The molecule has 0 N–H and O–H groups in total. The van der Waals surface area contributed by atoms with Crippen molar-refractivity contribution < 1.29 is 9.53 Å². The Balaban J connectivity index is 2.72. The summed E-state index contributed by atoms with van der Waals surface area (Å²) in [5, 5.41) is 0. The summed E-state index contributed by atoms with van der Waals surface area (Å²) in [6, 6.07) is 0. The van der Waals surface area contributed by atoms with Crippen LogP contribution in [-0.2, 0) is 9.53 Å². The molecule has 0 amide bonds. The molecule has 1 aliphatic rings. The molecule has 0 radical (unpaired) electrons. The Morgan fingerprint density at radius 2 is 2.33 bits per heavy atom. The van der Waals surface area contributed by atoms with Crippen LogP contribution in [0.3, 0.4) is 0 Å². The fourth-order valence-corrected chi connectivity index (χ4v) is 1.84. The van der Waals surface area contributed by atoms with Crippen molar-refractivity contribution >= 4 is 5.97 Å². The van der Waals surface area contributed by atoms with E-state index < -0.39 is 0 Å². The predicted octanol–water partition coefficient (Wildman–Crippen LogP) is 2.15. The van der Waals surface area contributed by atoms with Crippen molar-refractivity contribution in [2.24, 2.45) is 11.3 Å². The van der Waals surface area contributed by atoms with E-state index in [1.807, 2.05) is 6.92 Å². The molecule has 0 fully saturated rings. The molecule has 0 saturated carbocycles. The van der Waals surface area contributed by atoms with E-state index in [0.29, 0.717) is 5.92 Å². The average Bonchev–Trinajstić information content (AvgIpc) is 2.02. The number of hydrogen-bond acceptors (Lipinski definition) is 2. The van der Waals surface area contributed by atoms with Crippen molar-refractivity contribution in [2.45, 2.75) is 26.7 Å². The van der Waals surface area contributed by atoms with Gasteiger partial charge in [0.05, 0.1) is 12.5 Å². The lowest BCUT2D eigenvalue weighted by molar-refractivity contribution is -0.152. The predicted molar refractivity (Wildman–Crippen MR) is 47.7 cm³/mol. The van der Waals surface area contributed by atoms with Gasteiger partial charge in [-0.05, 0) is 25.7 Å². The summed E-state index contributed by atoms with van der Waals surface area (Å²) in [6.45, 7) is 4.09. The van der Waals surface area contributed by atoms with Crippen LogP contribution in [0.4, 0.5) is 0 Å². The molecule has 0 saturated heterocycles. The van der Waals surface area contributed by atoms with Gasteiger partial charge in [0.25, 0.3) is 0 Å². The largest absolute Gasteiger partial charge is 0.469 e. The van der Waals surface area contributed by atoms with Crippen LogP contribution in [0.25, 0.3) is 0 Å². The monoisotopic (exact) mass is 168 g/mol. The van der Waals surface area contributed by atoms with Crippen molar-refractivity contribution in [3.05, 3.63) is 12.2 Å². The Morgan fingerprint density at radius 1 is 1.67 bits per heavy atom. The van der Waals surface area contributed by atoms with Crippen LogP contribution in [0, 0.1) is 11.3 Å². The fourth-order valence-electron chi connectivity index (χ4n) is 1.84. The lowest BCUT2D eigenvalue weighted by Gasteiger charge is -2.30. The summed E-state index contributed by atoms with van der Waals surface area (Å²) in [6.07, 6.45) is 5.94. The lowest BCUT2D eigenvalue weighted by Crippen LogP contribution is -2.32. The van der Waals surface area contributed by atoms with E-state index in [-0.39, 0.29) is 11.4 Å². The second kappa shape index (κ2) is 3.30. The van der Waals surface area contributed by atoms with Gasteiger partial charge >= 0.3 is 5.97 Å². The van der Waals surface area contributed by atoms with Gasteiger partial charge in [0.1, 0.15) is 0 Å². The Bertz CT molecular complexity index is 208. The van der Waals surface area contributed by atoms with E-state index in [2.05, 4.69) is 19.1 Å². The van der Waals surface area contributed by atoms with Crippen LogP contribution >= 0.6 is 0 Å². The number of carbonyl (C=O) groups is 1. The van der Waals surface area contributed by atoms with Gasteiger partial charge in [-0.1, -0.05) is 19.1 Å². The van der Waals surface area contributed by atoms with E-state index in [1.165, 1.54) is 7.11 Å². The van der Waals surface area contributed by atoms with Crippen LogP contribution < -0.4 is 0 Å². The van der Waals surface area contributed by atoms with Crippen molar-refractivity contribution in [2.75, 3.05) is 7.11 Å². The molecule has 12 heavy (non-hydrogen) atoms. The highest BCUT2D eigenvalue weighted by Gasteiger charge is 2.35. The summed E-state index contributed by atoms with van der Waals surface area (Å²) in [5.41, 5.74) is -0.289. The lowest BCUT2D eigenvalue weighted by atomic mass is 9.75. The molecule has 0 aromatic rings. The van der Waals surface area contributed by atoms with Crippen LogP contribution in [0.2, 0.25) is 0 Å². The summed E-state index contributed by atoms with van der Waals surface area (Å²) in [7, 11) is 1.45. The molecule has 0 aliphatic heterocycles. The van der Waals surface area contributed by atoms with E-state index in [1.54, 1.807) is 0 Å². The highest BCUT2D eigenvalue weighted by molar-refractivity contribution is 5.76. The Hall–Kier alpha value is -0.790. The Labute approximate surface area is 73.6 Å². The number of hydrogen-bond donors (Lipinski definition) is 0. The molecule has 0 heterocycles. The maximum Gasteiger partial charge on any atom is 0.311 e. The number of ether oxygens (including phenoxy) is 1. The number of methoxy groups -OCH3 is 1. The molecule has 1 rings (SSSR count). The third-order valence-electron chi connectivity index (χ3n) is 2.48. The zero-order valence-corrected chi connectivity index (χ0v) is 7.96. The van der Waals surface area contributed by atoms with Gasteiger partial charge in [-0.15, -0.1) is 0 Å². The zero-order chi connectivity index (χ0) is 9.19. The number of rotatable bonds is 1. The molecule has 0 bridgehead atoms. The van der Waals surface area contributed by atoms with Gasteiger partial charge in [0.2, 0.25) is 0 Å². The molecule has 68 valence electrons. The second-order valence-corrected chi connectivity index (χ2v) is 3.87. The van der Waals surface area contributed by atoms with Gasteiger partial charge in [0, 0.05) is 0 Å². The smallest absolute Gasteiger partial charge is 0.311 e. The first-order chi connectivity index (χ1) is 5.58. The van der Waals surface area contributed by atoms with E-state index >= 15 is 0 Å². The Kier molecular flexibility index (Phi) is 2.55. The molecule has 0 aromatic carbocycles. The van der Waals surface area contributed by atoms with Crippen molar-refractivity contribution in [1.82, 2.24) is 0 Å². The van der Waals surface area contributed by atoms with Gasteiger partial charge < -0.3 is 4.74 Å². The van der Waals surface area contributed by atoms with Gasteiger partial charge in [-0.25, -0.2) is 0 Å². The molecule has 1 aliphatic carbocycles. The zero-order valence-electron chi connectivity index (χ0n) is 7.96. The first-order valence-corrected chi connectivity index (χ1v) is 4.33. The van der Waals surface area contributed by atoms with Crippen LogP contribution in [0.5, 0.6) is 0 Å². The summed E-state index contributed by atoms with van der Waals surface area (Å²) in [5.74, 6) is 0.404. The minimum absolute atomic E-state index is 0.0845. The maximum atomic E-state index is 11.4. The fraction of sp³-hybridized carbons (Fsp3) is 0.700. The summed E-state index contributed by atoms with van der Waals surface area (Å²) in [4.78, 5) is 11.4. The maximum absolute atomic E-state index is 11.4. The highest BCUT2D eigenvalue weighted by atomic mass is 16.5. The Morgan fingerprint density at radius 3 is 2.83 bits per heavy atom. The molecular weight excluding hydrogens is 152 g/mol. The van der Waals surface area contributed by atoms with Crippen molar-refractivity contribution in [1.29, 1.82) is 0 Å². The summed E-state index contributed by atoms with van der Waals surface area (Å²) >= 11 is 0. The van der Waals surface area contributed by atoms with Crippen molar-refractivity contribution in [3.8, 4) is 0 Å². The average molecular weight is 168 g/mol. The number of esters is 1. The number of allylic oxidation sites excluding steroid dienone is 2. The molecule has 0 unspecified atom stereocenters. The second-order valence-electron chi connectivity index (χ2n) is 3.87. The van der Waals surface area contributed by atoms with Gasteiger partial charge in [0.15, 0.2) is 0 Å². The molecule has 2 atom stereocenters. The quantitative estimate of drug-likeness (QED) is 0.443. The van der Waals surface area contributed by atoms with Crippen LogP contribution in [0.15, 0.2) is 12.2 Å². The molecule has 2 nitrogen and oxygen atoms in total. The van der Waals surface area contributed by atoms with Gasteiger partial charge in [-0.2, -0.15) is 0 Å². The first kappa shape index (κ1) is 9.30. The minimum atomic E-state index is -0.289. The first-order valence-electron chi connectivity index (χ1n) is 4.33. The van der Waals surface area contributed by atoms with Crippen LogP contribution in [0.1, 0.15) is 26.7 Å². The molecular formula is C10H16O2. The van der Waals surface area contributed by atoms with E-state index in [9.17, 15) is 4.79 Å². The number of carbonyl (C=O) groups excluding carboxylic acids is 1. The SMILES string of the molecule is COC(=O)[C@]1(C)CC=C[C@H](C)C1. The van der Waals surface area contributed by atoms with Crippen molar-refractivity contribution in [3.63, 3.8) is 0 Å². The molecule has 0 aromatic heterocycles. The third-order valence-corrected chi connectivity index (χ3v) is 2.48. The topological polar surface area (TPSA) is 26.3 Å². The van der Waals surface area contributed by atoms with E-state index in [0.717, 1.165) is 12.8 Å².